The summed E-state index contributed by atoms with van der Waals surface area (Å²) >= 11 is 0. The van der Waals surface area contributed by atoms with E-state index in [2.05, 4.69) is 15.4 Å². The molecule has 7 heteroatoms. The molecule has 1 heterocycles. The Hall–Kier alpha value is -2.51. The second kappa shape index (κ2) is 5.86. The van der Waals surface area contributed by atoms with Crippen LogP contribution in [0.1, 0.15) is 5.56 Å². The summed E-state index contributed by atoms with van der Waals surface area (Å²) in [5, 5.41) is 31.0. The largest absolute Gasteiger partial charge is 0.488 e. The highest BCUT2D eigenvalue weighted by atomic mass is 16.4. The van der Waals surface area contributed by atoms with Crippen molar-refractivity contribution in [3.05, 3.63) is 60.2 Å². The summed E-state index contributed by atoms with van der Waals surface area (Å²) in [7, 11) is -1.52. The minimum Gasteiger partial charge on any atom is -0.423 e. The average molecular weight is 280 g/mol. The van der Waals surface area contributed by atoms with E-state index in [1.165, 1.54) is 4.80 Å². The van der Waals surface area contributed by atoms with Crippen LogP contribution in [0.5, 0.6) is 0 Å². The minimum atomic E-state index is -1.52. The van der Waals surface area contributed by atoms with Crippen LogP contribution in [0, 0.1) is 0 Å². The topological polar surface area (TPSA) is 84.1 Å². The van der Waals surface area contributed by atoms with E-state index in [4.69, 9.17) is 0 Å². The van der Waals surface area contributed by atoms with Crippen molar-refractivity contribution in [3.63, 3.8) is 0 Å². The van der Waals surface area contributed by atoms with Gasteiger partial charge < -0.3 is 10.0 Å². The van der Waals surface area contributed by atoms with E-state index in [0.29, 0.717) is 17.8 Å². The number of tetrazole rings is 1. The highest BCUT2D eigenvalue weighted by molar-refractivity contribution is 6.59. The summed E-state index contributed by atoms with van der Waals surface area (Å²) in [6, 6.07) is 16.6. The summed E-state index contributed by atoms with van der Waals surface area (Å²) in [6.45, 7) is 0.327. The molecule has 0 spiro atoms. The highest BCUT2D eigenvalue weighted by Gasteiger charge is 2.16. The zero-order valence-corrected chi connectivity index (χ0v) is 11.2. The van der Waals surface area contributed by atoms with Gasteiger partial charge in [-0.3, -0.25) is 0 Å². The Labute approximate surface area is 121 Å². The van der Waals surface area contributed by atoms with Crippen LogP contribution in [-0.4, -0.2) is 37.4 Å². The standard InChI is InChI=1S/C14H13BN4O2/c20-15(21)13-9-5-4-8-12(13)10-19-17-14(16-18-19)11-6-2-1-3-7-11/h1-9,20-21H,10H2. The van der Waals surface area contributed by atoms with E-state index < -0.39 is 7.12 Å². The molecule has 6 nitrogen and oxygen atoms in total. The lowest BCUT2D eigenvalue weighted by atomic mass is 9.77. The predicted molar refractivity (Wildman–Crippen MR) is 78.6 cm³/mol. The lowest BCUT2D eigenvalue weighted by molar-refractivity contribution is 0.425. The molecule has 0 unspecified atom stereocenters. The fourth-order valence-corrected chi connectivity index (χ4v) is 2.10. The van der Waals surface area contributed by atoms with Crippen LogP contribution >= 0.6 is 0 Å². The van der Waals surface area contributed by atoms with Crippen molar-refractivity contribution >= 4 is 12.6 Å². The summed E-state index contributed by atoms with van der Waals surface area (Å²) < 4.78 is 0. The van der Waals surface area contributed by atoms with Crippen molar-refractivity contribution in [3.8, 4) is 11.4 Å². The molecule has 0 fully saturated rings. The molecule has 0 bridgehead atoms. The van der Waals surface area contributed by atoms with Gasteiger partial charge in [0.15, 0.2) is 0 Å². The van der Waals surface area contributed by atoms with Crippen molar-refractivity contribution in [2.24, 2.45) is 0 Å². The third kappa shape index (κ3) is 2.99. The molecule has 0 aliphatic heterocycles. The SMILES string of the molecule is OB(O)c1ccccc1Cn1nnc(-c2ccccc2)n1. The van der Waals surface area contributed by atoms with Gasteiger partial charge in [0.05, 0.1) is 6.54 Å². The Balaban J connectivity index is 1.86. The van der Waals surface area contributed by atoms with Gasteiger partial charge in [0.1, 0.15) is 0 Å². The smallest absolute Gasteiger partial charge is 0.423 e. The summed E-state index contributed by atoms with van der Waals surface area (Å²) in [5.41, 5.74) is 2.07. The molecular formula is C14H13BN4O2. The Bertz CT molecular complexity index is 731. The third-order valence-electron chi connectivity index (χ3n) is 3.13. The number of benzene rings is 2. The molecule has 1 aromatic heterocycles. The van der Waals surface area contributed by atoms with Gasteiger partial charge >= 0.3 is 7.12 Å². The highest BCUT2D eigenvalue weighted by Crippen LogP contribution is 2.12. The Morgan fingerprint density at radius 2 is 1.67 bits per heavy atom. The quantitative estimate of drug-likeness (QED) is 0.661. The molecule has 21 heavy (non-hydrogen) atoms. The molecule has 0 saturated carbocycles. The normalized spacial score (nSPS) is 10.6. The van der Waals surface area contributed by atoms with Crippen LogP contribution in [0.15, 0.2) is 54.6 Å². The number of nitrogens with zero attached hydrogens (tertiary/aromatic N) is 4. The Morgan fingerprint density at radius 1 is 0.952 bits per heavy atom. The second-order valence-corrected chi connectivity index (χ2v) is 4.58. The fourth-order valence-electron chi connectivity index (χ4n) is 2.10. The average Bonchev–Trinajstić information content (AvgIpc) is 2.97. The van der Waals surface area contributed by atoms with Crippen LogP contribution in [0.25, 0.3) is 11.4 Å². The van der Waals surface area contributed by atoms with Gasteiger partial charge in [-0.05, 0) is 16.2 Å². The zero-order chi connectivity index (χ0) is 14.7. The van der Waals surface area contributed by atoms with E-state index >= 15 is 0 Å². The summed E-state index contributed by atoms with van der Waals surface area (Å²) in [5.74, 6) is 0.539. The molecule has 2 aromatic carbocycles. The van der Waals surface area contributed by atoms with E-state index in [1.807, 2.05) is 36.4 Å². The molecule has 3 rings (SSSR count). The van der Waals surface area contributed by atoms with Crippen LogP contribution in [-0.2, 0) is 6.54 Å². The first-order valence-corrected chi connectivity index (χ1v) is 6.51. The maximum Gasteiger partial charge on any atom is 0.488 e. The van der Waals surface area contributed by atoms with Crippen molar-refractivity contribution in [2.45, 2.75) is 6.54 Å². The lowest BCUT2D eigenvalue weighted by Crippen LogP contribution is -2.33. The number of aromatic nitrogens is 4. The van der Waals surface area contributed by atoms with Gasteiger partial charge in [-0.15, -0.1) is 10.2 Å². The number of rotatable bonds is 4. The second-order valence-electron chi connectivity index (χ2n) is 4.58. The number of hydrogen-bond acceptors (Lipinski definition) is 5. The van der Waals surface area contributed by atoms with Gasteiger partial charge in [0.2, 0.25) is 5.82 Å². The van der Waals surface area contributed by atoms with Crippen molar-refractivity contribution in [1.82, 2.24) is 20.2 Å². The summed E-state index contributed by atoms with van der Waals surface area (Å²) in [4.78, 5) is 1.43. The van der Waals surface area contributed by atoms with Crippen LogP contribution in [0.3, 0.4) is 0 Å². The maximum atomic E-state index is 9.36. The molecule has 3 aromatic rings. The third-order valence-corrected chi connectivity index (χ3v) is 3.13. The van der Waals surface area contributed by atoms with Gasteiger partial charge in [-0.25, -0.2) is 0 Å². The minimum absolute atomic E-state index is 0.327. The molecule has 0 atom stereocenters. The monoisotopic (exact) mass is 280 g/mol. The lowest BCUT2D eigenvalue weighted by Gasteiger charge is -2.07. The molecule has 104 valence electrons. The zero-order valence-electron chi connectivity index (χ0n) is 11.2. The van der Waals surface area contributed by atoms with Gasteiger partial charge in [0, 0.05) is 5.56 Å². The first kappa shape index (κ1) is 13.5. The fraction of sp³-hybridized carbons (Fsp3) is 0.0714. The van der Waals surface area contributed by atoms with Crippen LogP contribution in [0.2, 0.25) is 0 Å². The van der Waals surface area contributed by atoms with E-state index in [9.17, 15) is 10.0 Å². The van der Waals surface area contributed by atoms with Crippen molar-refractivity contribution in [1.29, 1.82) is 0 Å². The number of hydrogen-bond donors (Lipinski definition) is 2. The molecule has 0 aliphatic rings. The van der Waals surface area contributed by atoms with Gasteiger partial charge in [-0.2, -0.15) is 4.80 Å². The predicted octanol–water partition coefficient (Wildman–Crippen LogP) is 0.0682. The van der Waals surface area contributed by atoms with E-state index in [0.717, 1.165) is 11.1 Å². The van der Waals surface area contributed by atoms with Crippen molar-refractivity contribution in [2.75, 3.05) is 0 Å². The molecule has 0 saturated heterocycles. The van der Waals surface area contributed by atoms with Crippen LogP contribution < -0.4 is 5.46 Å². The van der Waals surface area contributed by atoms with Crippen molar-refractivity contribution < 1.29 is 10.0 Å². The van der Waals surface area contributed by atoms with Crippen LogP contribution in [0.4, 0.5) is 0 Å². The molecule has 0 radical (unpaired) electrons. The maximum absolute atomic E-state index is 9.36. The first-order chi connectivity index (χ1) is 10.2. The Kier molecular flexibility index (Phi) is 3.76. The van der Waals surface area contributed by atoms with E-state index in [1.54, 1.807) is 18.2 Å². The van der Waals surface area contributed by atoms with Gasteiger partial charge in [0.25, 0.3) is 0 Å². The Morgan fingerprint density at radius 3 is 2.43 bits per heavy atom. The summed E-state index contributed by atoms with van der Waals surface area (Å²) in [6.07, 6.45) is 0. The molecule has 0 amide bonds. The van der Waals surface area contributed by atoms with E-state index in [-0.39, 0.29) is 0 Å². The molecule has 2 N–H and O–H groups in total. The van der Waals surface area contributed by atoms with Gasteiger partial charge in [-0.1, -0.05) is 54.6 Å². The first-order valence-electron chi connectivity index (χ1n) is 6.51. The molecule has 0 aliphatic carbocycles. The molecular weight excluding hydrogens is 267 g/mol.